The van der Waals surface area contributed by atoms with Crippen molar-refractivity contribution in [1.82, 2.24) is 4.31 Å². The summed E-state index contributed by atoms with van der Waals surface area (Å²) in [5, 5.41) is 2.91. The van der Waals surface area contributed by atoms with Crippen molar-refractivity contribution in [3.05, 3.63) is 29.8 Å². The van der Waals surface area contributed by atoms with E-state index in [0.29, 0.717) is 17.5 Å². The predicted octanol–water partition coefficient (Wildman–Crippen LogP) is 2.92. The molecule has 132 valence electrons. The van der Waals surface area contributed by atoms with E-state index in [1.54, 1.807) is 0 Å². The molecule has 1 unspecified atom stereocenters. The van der Waals surface area contributed by atoms with Gasteiger partial charge in [0.25, 0.3) is 0 Å². The Morgan fingerprint density at radius 1 is 1.25 bits per heavy atom. The highest BCUT2D eigenvalue weighted by atomic mass is 32.2. The van der Waals surface area contributed by atoms with Gasteiger partial charge >= 0.3 is 0 Å². The van der Waals surface area contributed by atoms with Gasteiger partial charge in [-0.15, -0.1) is 23.5 Å². The number of nitrogens with zero attached hydrogens (tertiary/aromatic N) is 1. The molecule has 2 heterocycles. The maximum absolute atomic E-state index is 12.6. The summed E-state index contributed by atoms with van der Waals surface area (Å²) in [4.78, 5) is 12.6. The molecule has 24 heavy (non-hydrogen) atoms. The first kappa shape index (κ1) is 18.1. The van der Waals surface area contributed by atoms with Crippen LogP contribution in [-0.4, -0.2) is 49.0 Å². The van der Waals surface area contributed by atoms with Gasteiger partial charge in [-0.3, -0.25) is 4.79 Å². The lowest BCUT2D eigenvalue weighted by molar-refractivity contribution is -0.120. The number of sulfonamides is 1. The zero-order chi connectivity index (χ0) is 17.2. The molecule has 1 aromatic rings. The molecule has 1 atom stereocenters. The van der Waals surface area contributed by atoms with Crippen molar-refractivity contribution in [1.29, 1.82) is 0 Å². The Morgan fingerprint density at radius 2 is 2.00 bits per heavy atom. The van der Waals surface area contributed by atoms with Crippen LogP contribution in [0.5, 0.6) is 0 Å². The van der Waals surface area contributed by atoms with E-state index >= 15 is 0 Å². The smallest absolute Gasteiger partial charge is 0.242 e. The maximum Gasteiger partial charge on any atom is 0.242 e. The van der Waals surface area contributed by atoms with Gasteiger partial charge in [0.1, 0.15) is 6.04 Å². The van der Waals surface area contributed by atoms with Gasteiger partial charge in [-0.05, 0) is 30.5 Å². The molecular weight excluding hydrogens is 364 g/mol. The maximum atomic E-state index is 12.6. The molecule has 1 N–H and O–H groups in total. The number of nitrogens with one attached hydrogen (secondary N) is 1. The molecule has 1 aromatic carbocycles. The molecule has 0 spiro atoms. The molecule has 0 saturated carbocycles. The van der Waals surface area contributed by atoms with Crippen molar-refractivity contribution in [2.24, 2.45) is 0 Å². The number of amides is 1. The summed E-state index contributed by atoms with van der Waals surface area (Å²) >= 11 is 3.84. The van der Waals surface area contributed by atoms with Crippen molar-refractivity contribution < 1.29 is 13.2 Å². The van der Waals surface area contributed by atoms with E-state index in [0.717, 1.165) is 30.0 Å². The summed E-state index contributed by atoms with van der Waals surface area (Å²) in [5.74, 6) is 2.07. The Morgan fingerprint density at radius 3 is 2.71 bits per heavy atom. The van der Waals surface area contributed by atoms with Crippen molar-refractivity contribution in [2.45, 2.75) is 29.9 Å². The van der Waals surface area contributed by atoms with Gasteiger partial charge < -0.3 is 5.32 Å². The molecule has 0 aromatic heterocycles. The third kappa shape index (κ3) is 4.28. The van der Waals surface area contributed by atoms with Crippen LogP contribution in [0.1, 0.15) is 29.4 Å². The van der Waals surface area contributed by atoms with Crippen LogP contribution in [0.25, 0.3) is 0 Å². The highest BCUT2D eigenvalue weighted by Crippen LogP contribution is 2.45. The van der Waals surface area contributed by atoms with Crippen LogP contribution >= 0.6 is 23.5 Å². The van der Waals surface area contributed by atoms with Crippen LogP contribution in [0, 0.1) is 0 Å². The molecule has 2 aliphatic heterocycles. The van der Waals surface area contributed by atoms with E-state index in [4.69, 9.17) is 0 Å². The van der Waals surface area contributed by atoms with Gasteiger partial charge in [-0.25, -0.2) is 8.42 Å². The van der Waals surface area contributed by atoms with Gasteiger partial charge in [-0.1, -0.05) is 18.6 Å². The van der Waals surface area contributed by atoms with E-state index in [2.05, 4.69) is 11.4 Å². The fraction of sp³-hybridized carbons (Fsp3) is 0.562. The fourth-order valence-corrected chi connectivity index (χ4v) is 7.07. The van der Waals surface area contributed by atoms with Gasteiger partial charge in [0, 0.05) is 23.7 Å². The normalized spacial score (nSPS) is 23.3. The molecule has 8 heteroatoms. The first-order valence-corrected chi connectivity index (χ1v) is 12.0. The van der Waals surface area contributed by atoms with Crippen molar-refractivity contribution in [2.75, 3.05) is 29.6 Å². The van der Waals surface area contributed by atoms with Gasteiger partial charge in [0.2, 0.25) is 15.9 Å². The number of hydrogen-bond acceptors (Lipinski definition) is 5. The second-order valence-corrected chi connectivity index (χ2v) is 10.7. The fourth-order valence-electron chi connectivity index (χ4n) is 3.10. The summed E-state index contributed by atoms with van der Waals surface area (Å²) in [6.07, 6.45) is 3.43. The highest BCUT2D eigenvalue weighted by Gasteiger charge is 2.34. The number of carbonyl (C=O) groups is 1. The summed E-state index contributed by atoms with van der Waals surface area (Å²) in [6.45, 7) is 0.423. The molecule has 1 amide bonds. The largest absolute Gasteiger partial charge is 0.325 e. The van der Waals surface area contributed by atoms with E-state index in [1.165, 1.54) is 16.1 Å². The lowest BCUT2D eigenvalue weighted by Crippen LogP contribution is -2.49. The average Bonchev–Trinajstić information content (AvgIpc) is 3.09. The molecule has 2 fully saturated rings. The quantitative estimate of drug-likeness (QED) is 0.862. The molecular formula is C16H22N2O3S3. The topological polar surface area (TPSA) is 66.5 Å². The molecule has 2 saturated heterocycles. The van der Waals surface area contributed by atoms with Gasteiger partial charge in [0.05, 0.1) is 10.8 Å². The summed E-state index contributed by atoms with van der Waals surface area (Å²) < 4.78 is 25.6. The lowest BCUT2D eigenvalue weighted by Gasteiger charge is -2.32. The number of carbonyl (C=O) groups excluding carboxylic acids is 1. The van der Waals surface area contributed by atoms with Crippen LogP contribution in [0.4, 0.5) is 5.69 Å². The van der Waals surface area contributed by atoms with Crippen molar-refractivity contribution >= 4 is 45.1 Å². The zero-order valence-corrected chi connectivity index (χ0v) is 16.1. The second kappa shape index (κ2) is 7.68. The zero-order valence-electron chi connectivity index (χ0n) is 13.6. The van der Waals surface area contributed by atoms with E-state index in [9.17, 15) is 13.2 Å². The minimum atomic E-state index is -3.37. The van der Waals surface area contributed by atoms with E-state index in [1.807, 2.05) is 41.7 Å². The van der Waals surface area contributed by atoms with Crippen LogP contribution in [0.3, 0.4) is 0 Å². The first-order chi connectivity index (χ1) is 11.4. The Hall–Kier alpha value is -0.700. The van der Waals surface area contributed by atoms with Crippen LogP contribution in [0.15, 0.2) is 24.3 Å². The standard InChI is InChI=1S/C16H22N2O3S3/c1-24(20,21)18-8-3-2-7-14(18)15(19)17-13-6-4-5-12(11-13)16-22-9-10-23-16/h4-6,11,14,16H,2-3,7-10H2,1H3,(H,17,19). The second-order valence-electron chi connectivity index (χ2n) is 6.07. The average molecular weight is 387 g/mol. The molecule has 2 aliphatic rings. The predicted molar refractivity (Wildman–Crippen MR) is 102 cm³/mol. The summed E-state index contributed by atoms with van der Waals surface area (Å²) in [5.41, 5.74) is 1.94. The lowest BCUT2D eigenvalue weighted by atomic mass is 10.0. The van der Waals surface area contributed by atoms with Crippen LogP contribution < -0.4 is 5.32 Å². The third-order valence-corrected chi connectivity index (χ3v) is 8.62. The number of hydrogen-bond donors (Lipinski definition) is 1. The SMILES string of the molecule is CS(=O)(=O)N1CCCCC1C(=O)Nc1cccc(C2SCCS2)c1. The highest BCUT2D eigenvalue weighted by molar-refractivity contribution is 8.19. The number of thioether (sulfide) groups is 2. The number of anilines is 1. The molecule has 0 bridgehead atoms. The Bertz CT molecular complexity index is 702. The van der Waals surface area contributed by atoms with E-state index < -0.39 is 16.1 Å². The molecule has 5 nitrogen and oxygen atoms in total. The molecule has 0 radical (unpaired) electrons. The van der Waals surface area contributed by atoms with Crippen molar-refractivity contribution in [3.63, 3.8) is 0 Å². The third-order valence-electron chi connectivity index (χ3n) is 4.23. The minimum Gasteiger partial charge on any atom is -0.325 e. The summed E-state index contributed by atoms with van der Waals surface area (Å²) in [6, 6.07) is 7.28. The Labute approximate surface area is 152 Å². The monoisotopic (exact) mass is 386 g/mol. The van der Waals surface area contributed by atoms with Crippen LogP contribution in [0.2, 0.25) is 0 Å². The van der Waals surface area contributed by atoms with Gasteiger partial charge in [-0.2, -0.15) is 4.31 Å². The number of benzene rings is 1. The Kier molecular flexibility index (Phi) is 5.79. The summed E-state index contributed by atoms with van der Waals surface area (Å²) in [7, 11) is -3.37. The number of piperidine rings is 1. The van der Waals surface area contributed by atoms with Crippen LogP contribution in [-0.2, 0) is 14.8 Å². The van der Waals surface area contributed by atoms with Gasteiger partial charge in [0.15, 0.2) is 0 Å². The molecule has 0 aliphatic carbocycles. The first-order valence-electron chi connectivity index (χ1n) is 8.06. The molecule has 3 rings (SSSR count). The van der Waals surface area contributed by atoms with Crippen molar-refractivity contribution in [3.8, 4) is 0 Å². The minimum absolute atomic E-state index is 0.232. The number of rotatable bonds is 4. The Balaban J connectivity index is 1.72. The van der Waals surface area contributed by atoms with E-state index in [-0.39, 0.29) is 5.91 Å².